The molecule has 0 aromatic heterocycles. The summed E-state index contributed by atoms with van der Waals surface area (Å²) in [5, 5.41) is 6.26. The molecule has 0 spiro atoms. The average Bonchev–Trinajstić information content (AvgIpc) is 2.65. The van der Waals surface area contributed by atoms with Crippen LogP contribution >= 0.6 is 0 Å². The molecule has 0 bridgehead atoms. The van der Waals surface area contributed by atoms with Crippen molar-refractivity contribution in [2.75, 3.05) is 26.1 Å². The van der Waals surface area contributed by atoms with E-state index >= 15 is 0 Å². The van der Waals surface area contributed by atoms with Gasteiger partial charge in [-0.25, -0.2) is 0 Å². The SMILES string of the molecule is CCc1ccccc1NC(=O)CCNCc1ccc(OC)c(OC)c1. The molecule has 5 nitrogen and oxygen atoms in total. The number of benzene rings is 2. The van der Waals surface area contributed by atoms with Gasteiger partial charge in [0.05, 0.1) is 14.2 Å². The van der Waals surface area contributed by atoms with Crippen LogP contribution in [0.25, 0.3) is 0 Å². The summed E-state index contributed by atoms with van der Waals surface area (Å²) in [6, 6.07) is 13.7. The molecule has 2 aromatic rings. The summed E-state index contributed by atoms with van der Waals surface area (Å²) in [7, 11) is 3.23. The van der Waals surface area contributed by atoms with Crippen LogP contribution in [0.15, 0.2) is 42.5 Å². The first-order chi connectivity index (χ1) is 12.2. The van der Waals surface area contributed by atoms with Crippen molar-refractivity contribution < 1.29 is 14.3 Å². The molecular formula is C20H26N2O3. The molecule has 0 heterocycles. The summed E-state index contributed by atoms with van der Waals surface area (Å²) < 4.78 is 10.5. The van der Waals surface area contributed by atoms with Gasteiger partial charge in [-0.05, 0) is 35.7 Å². The molecule has 0 aliphatic heterocycles. The van der Waals surface area contributed by atoms with Crippen LogP contribution in [0, 0.1) is 0 Å². The number of carbonyl (C=O) groups is 1. The quantitative estimate of drug-likeness (QED) is 0.686. The van der Waals surface area contributed by atoms with E-state index in [9.17, 15) is 4.79 Å². The Hall–Kier alpha value is -2.53. The molecule has 2 rings (SSSR count). The maximum Gasteiger partial charge on any atom is 0.225 e. The van der Waals surface area contributed by atoms with Crippen molar-refractivity contribution in [3.8, 4) is 11.5 Å². The molecule has 2 N–H and O–H groups in total. The number of hydrogen-bond acceptors (Lipinski definition) is 4. The van der Waals surface area contributed by atoms with E-state index in [0.717, 1.165) is 23.2 Å². The Bertz CT molecular complexity index is 701. The molecule has 0 saturated heterocycles. The van der Waals surface area contributed by atoms with Gasteiger partial charge in [0.1, 0.15) is 0 Å². The van der Waals surface area contributed by atoms with E-state index < -0.39 is 0 Å². The molecule has 0 fully saturated rings. The Labute approximate surface area is 149 Å². The summed E-state index contributed by atoms with van der Waals surface area (Å²) in [6.45, 7) is 3.35. The molecule has 0 aliphatic carbocycles. The van der Waals surface area contributed by atoms with Crippen LogP contribution in [-0.4, -0.2) is 26.7 Å². The normalized spacial score (nSPS) is 10.4. The molecule has 0 saturated carbocycles. The smallest absolute Gasteiger partial charge is 0.225 e. The maximum atomic E-state index is 12.1. The first-order valence-corrected chi connectivity index (χ1v) is 8.47. The minimum absolute atomic E-state index is 0.0145. The number of para-hydroxylation sites is 1. The van der Waals surface area contributed by atoms with Gasteiger partial charge in [0.2, 0.25) is 5.91 Å². The Morgan fingerprint density at radius 3 is 2.52 bits per heavy atom. The number of aryl methyl sites for hydroxylation is 1. The van der Waals surface area contributed by atoms with Gasteiger partial charge in [0, 0.05) is 25.2 Å². The van der Waals surface area contributed by atoms with E-state index in [1.165, 1.54) is 0 Å². The highest BCUT2D eigenvalue weighted by Gasteiger charge is 2.06. The zero-order valence-corrected chi connectivity index (χ0v) is 15.1. The van der Waals surface area contributed by atoms with E-state index in [1.54, 1.807) is 14.2 Å². The fourth-order valence-electron chi connectivity index (χ4n) is 2.59. The monoisotopic (exact) mass is 342 g/mol. The van der Waals surface area contributed by atoms with Gasteiger partial charge in [0.15, 0.2) is 11.5 Å². The number of hydrogen-bond donors (Lipinski definition) is 2. The number of ether oxygens (including phenoxy) is 2. The highest BCUT2D eigenvalue weighted by Crippen LogP contribution is 2.27. The third kappa shape index (κ3) is 5.50. The van der Waals surface area contributed by atoms with Crippen LogP contribution in [-0.2, 0) is 17.8 Å². The summed E-state index contributed by atoms with van der Waals surface area (Å²) in [6.07, 6.45) is 1.32. The van der Waals surface area contributed by atoms with Gasteiger partial charge in [0.25, 0.3) is 0 Å². The second kappa shape index (κ2) is 9.69. The van der Waals surface area contributed by atoms with Crippen LogP contribution in [0.5, 0.6) is 11.5 Å². The molecule has 0 atom stereocenters. The third-order valence-electron chi connectivity index (χ3n) is 3.98. The zero-order valence-electron chi connectivity index (χ0n) is 15.1. The highest BCUT2D eigenvalue weighted by atomic mass is 16.5. The summed E-state index contributed by atoms with van der Waals surface area (Å²) >= 11 is 0. The Morgan fingerprint density at radius 1 is 1.04 bits per heavy atom. The van der Waals surface area contributed by atoms with Gasteiger partial charge in [-0.2, -0.15) is 0 Å². The van der Waals surface area contributed by atoms with E-state index in [2.05, 4.69) is 17.6 Å². The number of amides is 1. The van der Waals surface area contributed by atoms with Gasteiger partial charge < -0.3 is 20.1 Å². The minimum Gasteiger partial charge on any atom is -0.493 e. The Balaban J connectivity index is 1.78. The highest BCUT2D eigenvalue weighted by molar-refractivity contribution is 5.91. The molecule has 0 unspecified atom stereocenters. The first kappa shape index (κ1) is 18.8. The minimum atomic E-state index is 0.0145. The fourth-order valence-corrected chi connectivity index (χ4v) is 2.59. The maximum absolute atomic E-state index is 12.1. The van der Waals surface area contributed by atoms with E-state index in [0.29, 0.717) is 31.0 Å². The molecule has 25 heavy (non-hydrogen) atoms. The van der Waals surface area contributed by atoms with Crippen molar-refractivity contribution in [2.45, 2.75) is 26.3 Å². The molecule has 0 aliphatic rings. The van der Waals surface area contributed by atoms with E-state index in [4.69, 9.17) is 9.47 Å². The molecule has 0 radical (unpaired) electrons. The number of nitrogens with one attached hydrogen (secondary N) is 2. The van der Waals surface area contributed by atoms with Crippen LogP contribution in [0.4, 0.5) is 5.69 Å². The summed E-state index contributed by atoms with van der Waals surface area (Å²) in [4.78, 5) is 12.1. The molecular weight excluding hydrogens is 316 g/mol. The topological polar surface area (TPSA) is 59.6 Å². The predicted molar refractivity (Wildman–Crippen MR) is 100 cm³/mol. The lowest BCUT2D eigenvalue weighted by Gasteiger charge is -2.11. The van der Waals surface area contributed by atoms with Gasteiger partial charge >= 0.3 is 0 Å². The first-order valence-electron chi connectivity index (χ1n) is 8.47. The number of anilines is 1. The van der Waals surface area contributed by atoms with Gasteiger partial charge in [-0.3, -0.25) is 4.79 Å². The summed E-state index contributed by atoms with van der Waals surface area (Å²) in [5.74, 6) is 1.43. The Morgan fingerprint density at radius 2 is 1.80 bits per heavy atom. The van der Waals surface area contributed by atoms with Crippen molar-refractivity contribution in [1.82, 2.24) is 5.32 Å². The van der Waals surface area contributed by atoms with E-state index in [-0.39, 0.29) is 5.91 Å². The number of methoxy groups -OCH3 is 2. The van der Waals surface area contributed by atoms with Crippen LogP contribution in [0.2, 0.25) is 0 Å². The lowest BCUT2D eigenvalue weighted by atomic mass is 10.1. The fraction of sp³-hybridized carbons (Fsp3) is 0.350. The second-order valence-electron chi connectivity index (χ2n) is 5.67. The van der Waals surface area contributed by atoms with Crippen LogP contribution in [0.1, 0.15) is 24.5 Å². The molecule has 5 heteroatoms. The standard InChI is InChI=1S/C20H26N2O3/c1-4-16-7-5-6-8-17(16)22-20(23)11-12-21-14-15-9-10-18(24-2)19(13-15)25-3/h5-10,13,21H,4,11-12,14H2,1-3H3,(H,22,23). The lowest BCUT2D eigenvalue weighted by Crippen LogP contribution is -2.22. The molecule has 134 valence electrons. The van der Waals surface area contributed by atoms with Gasteiger partial charge in [-0.1, -0.05) is 31.2 Å². The largest absolute Gasteiger partial charge is 0.493 e. The number of carbonyl (C=O) groups excluding carboxylic acids is 1. The third-order valence-corrected chi connectivity index (χ3v) is 3.98. The van der Waals surface area contributed by atoms with Crippen molar-refractivity contribution in [3.05, 3.63) is 53.6 Å². The van der Waals surface area contributed by atoms with Crippen molar-refractivity contribution in [2.24, 2.45) is 0 Å². The van der Waals surface area contributed by atoms with Crippen LogP contribution in [0.3, 0.4) is 0 Å². The van der Waals surface area contributed by atoms with Crippen molar-refractivity contribution in [1.29, 1.82) is 0 Å². The second-order valence-corrected chi connectivity index (χ2v) is 5.67. The summed E-state index contributed by atoms with van der Waals surface area (Å²) in [5.41, 5.74) is 3.12. The van der Waals surface area contributed by atoms with E-state index in [1.807, 2.05) is 42.5 Å². The zero-order chi connectivity index (χ0) is 18.1. The molecule has 1 amide bonds. The van der Waals surface area contributed by atoms with Crippen molar-refractivity contribution >= 4 is 11.6 Å². The average molecular weight is 342 g/mol. The Kier molecular flexibility index (Phi) is 7.29. The molecule has 2 aromatic carbocycles. The number of rotatable bonds is 9. The van der Waals surface area contributed by atoms with Crippen molar-refractivity contribution in [3.63, 3.8) is 0 Å². The van der Waals surface area contributed by atoms with Gasteiger partial charge in [-0.15, -0.1) is 0 Å². The predicted octanol–water partition coefficient (Wildman–Crippen LogP) is 3.38. The lowest BCUT2D eigenvalue weighted by molar-refractivity contribution is -0.116. The van der Waals surface area contributed by atoms with Crippen LogP contribution < -0.4 is 20.1 Å².